The van der Waals surface area contributed by atoms with Gasteiger partial charge in [-0.3, -0.25) is 9.59 Å². The zero-order valence-electron chi connectivity index (χ0n) is 7.97. The molecule has 2 aliphatic carbocycles. The van der Waals surface area contributed by atoms with Crippen molar-refractivity contribution in [2.75, 3.05) is 0 Å². The van der Waals surface area contributed by atoms with Crippen molar-refractivity contribution in [3.05, 3.63) is 0 Å². The average molecular weight is 166 g/mol. The molecule has 0 saturated heterocycles. The van der Waals surface area contributed by atoms with Crippen molar-refractivity contribution in [3.63, 3.8) is 0 Å². The smallest absolute Gasteiger partial charge is 0.152 e. The van der Waals surface area contributed by atoms with Crippen molar-refractivity contribution in [1.29, 1.82) is 0 Å². The molecule has 0 radical (unpaired) electrons. The first-order chi connectivity index (χ1) is 5.34. The maximum absolute atomic E-state index is 11.8. The molecule has 2 saturated carbocycles. The van der Waals surface area contributed by atoms with E-state index in [9.17, 15) is 9.59 Å². The van der Waals surface area contributed by atoms with Gasteiger partial charge in [-0.2, -0.15) is 0 Å². The molecule has 2 rings (SSSR count). The molecule has 0 aliphatic heterocycles. The van der Waals surface area contributed by atoms with Crippen LogP contribution in [-0.4, -0.2) is 11.6 Å². The molecule has 0 aromatic rings. The average Bonchev–Trinajstić information content (AvgIpc) is 2.48. The van der Waals surface area contributed by atoms with Crippen LogP contribution in [0, 0.1) is 22.7 Å². The van der Waals surface area contributed by atoms with Crippen LogP contribution in [0.15, 0.2) is 0 Å². The van der Waals surface area contributed by atoms with E-state index in [1.807, 2.05) is 13.8 Å². The van der Waals surface area contributed by atoms with Gasteiger partial charge in [-0.25, -0.2) is 0 Å². The van der Waals surface area contributed by atoms with Crippen molar-refractivity contribution in [2.24, 2.45) is 22.7 Å². The molecule has 2 nitrogen and oxygen atoms in total. The van der Waals surface area contributed by atoms with Gasteiger partial charge in [0.05, 0.1) is 5.41 Å². The maximum Gasteiger partial charge on any atom is 0.152 e. The third-order valence-electron chi connectivity index (χ3n) is 3.94. The summed E-state index contributed by atoms with van der Waals surface area (Å²) >= 11 is 0. The van der Waals surface area contributed by atoms with Gasteiger partial charge >= 0.3 is 0 Å². The van der Waals surface area contributed by atoms with Gasteiger partial charge in [0.15, 0.2) is 5.78 Å². The van der Waals surface area contributed by atoms with Gasteiger partial charge in [-0.05, 0) is 19.8 Å². The van der Waals surface area contributed by atoms with E-state index in [0.717, 1.165) is 0 Å². The summed E-state index contributed by atoms with van der Waals surface area (Å²) in [6.07, 6.45) is 0. The highest BCUT2D eigenvalue weighted by atomic mass is 16.2. The summed E-state index contributed by atoms with van der Waals surface area (Å²) in [5.41, 5.74) is -1.01. The zero-order valence-corrected chi connectivity index (χ0v) is 7.97. The zero-order chi connectivity index (χ0) is 9.31. The molecular weight excluding hydrogens is 152 g/mol. The van der Waals surface area contributed by atoms with E-state index in [0.29, 0.717) is 0 Å². The van der Waals surface area contributed by atoms with E-state index < -0.39 is 5.41 Å². The Labute approximate surface area is 72.3 Å². The highest BCUT2D eigenvalue weighted by Gasteiger charge is 2.76. The fourth-order valence-corrected chi connectivity index (χ4v) is 2.75. The number of Topliss-reactive ketones (excluding diaryl/α,β-unsaturated/α-hetero) is 2. The first-order valence-corrected chi connectivity index (χ1v) is 4.43. The van der Waals surface area contributed by atoms with Gasteiger partial charge in [0.2, 0.25) is 0 Å². The second-order valence-corrected chi connectivity index (χ2v) is 4.87. The lowest BCUT2D eigenvalue weighted by molar-refractivity contribution is -0.137. The van der Waals surface area contributed by atoms with Gasteiger partial charge in [0.25, 0.3) is 0 Å². The monoisotopic (exact) mass is 166 g/mol. The Kier molecular flexibility index (Phi) is 1.10. The molecule has 2 fully saturated rings. The molecule has 12 heavy (non-hydrogen) atoms. The molecule has 0 N–H and O–H groups in total. The van der Waals surface area contributed by atoms with Gasteiger partial charge in [-0.1, -0.05) is 13.8 Å². The van der Waals surface area contributed by atoms with Crippen LogP contribution in [-0.2, 0) is 9.59 Å². The SMILES string of the molecule is CC1C2C(=O)C(C)(C)C(=O)[C@@]12C. The fourth-order valence-electron chi connectivity index (χ4n) is 2.75. The highest BCUT2D eigenvalue weighted by Crippen LogP contribution is 2.68. The number of ketones is 2. The van der Waals surface area contributed by atoms with E-state index in [-0.39, 0.29) is 28.8 Å². The molecule has 0 aromatic heterocycles. The molecule has 2 aliphatic rings. The Hall–Kier alpha value is -0.660. The van der Waals surface area contributed by atoms with E-state index in [1.54, 1.807) is 13.8 Å². The Balaban J connectivity index is 2.48. The Morgan fingerprint density at radius 3 is 1.92 bits per heavy atom. The van der Waals surface area contributed by atoms with Crippen LogP contribution in [0.3, 0.4) is 0 Å². The number of rotatable bonds is 0. The second kappa shape index (κ2) is 1.66. The number of fused-ring (bicyclic) bond motifs is 1. The molecular formula is C10H14O2. The van der Waals surface area contributed by atoms with E-state index in [1.165, 1.54) is 0 Å². The van der Waals surface area contributed by atoms with Gasteiger partial charge in [-0.15, -0.1) is 0 Å². The van der Waals surface area contributed by atoms with Crippen molar-refractivity contribution in [3.8, 4) is 0 Å². The largest absolute Gasteiger partial charge is 0.298 e. The van der Waals surface area contributed by atoms with Crippen molar-refractivity contribution in [1.82, 2.24) is 0 Å². The standard InChI is InChI=1S/C10H14O2/c1-5-6-7(11)9(2,3)8(12)10(5,6)4/h5-6H,1-4H3/t5?,6?,10-/m0/s1. The van der Waals surface area contributed by atoms with Crippen LogP contribution in [0.25, 0.3) is 0 Å². The number of carbonyl (C=O) groups is 2. The van der Waals surface area contributed by atoms with Crippen LogP contribution < -0.4 is 0 Å². The highest BCUT2D eigenvalue weighted by molar-refractivity contribution is 6.20. The molecule has 0 spiro atoms. The topological polar surface area (TPSA) is 34.1 Å². The molecule has 0 heterocycles. The number of hydrogen-bond acceptors (Lipinski definition) is 2. The van der Waals surface area contributed by atoms with Gasteiger partial charge < -0.3 is 0 Å². The summed E-state index contributed by atoms with van der Waals surface area (Å²) in [5, 5.41) is 0. The minimum absolute atomic E-state index is 0.0278. The lowest BCUT2D eigenvalue weighted by Gasteiger charge is -2.19. The van der Waals surface area contributed by atoms with Gasteiger partial charge in [0.1, 0.15) is 5.78 Å². The predicted molar refractivity (Wildman–Crippen MR) is 44.6 cm³/mol. The molecule has 0 bridgehead atoms. The maximum atomic E-state index is 11.8. The molecule has 2 heteroatoms. The Morgan fingerprint density at radius 1 is 1.17 bits per heavy atom. The molecule has 0 amide bonds. The normalized spacial score (nSPS) is 49.3. The first kappa shape index (κ1) is 7.96. The minimum atomic E-state index is -0.702. The van der Waals surface area contributed by atoms with Crippen LogP contribution in [0.5, 0.6) is 0 Å². The van der Waals surface area contributed by atoms with Crippen LogP contribution in [0.1, 0.15) is 27.7 Å². The van der Waals surface area contributed by atoms with Crippen molar-refractivity contribution >= 4 is 11.6 Å². The Morgan fingerprint density at radius 2 is 1.67 bits per heavy atom. The summed E-state index contributed by atoms with van der Waals surface area (Å²) < 4.78 is 0. The summed E-state index contributed by atoms with van der Waals surface area (Å²) in [6.45, 7) is 7.43. The minimum Gasteiger partial charge on any atom is -0.298 e. The molecule has 2 unspecified atom stereocenters. The lowest BCUT2D eigenvalue weighted by Crippen LogP contribution is -2.32. The second-order valence-electron chi connectivity index (χ2n) is 4.87. The van der Waals surface area contributed by atoms with Crippen LogP contribution in [0.4, 0.5) is 0 Å². The van der Waals surface area contributed by atoms with E-state index >= 15 is 0 Å². The molecule has 66 valence electrons. The van der Waals surface area contributed by atoms with E-state index in [2.05, 4.69) is 0 Å². The summed E-state index contributed by atoms with van der Waals surface area (Å²) in [4.78, 5) is 23.5. The summed E-state index contributed by atoms with van der Waals surface area (Å²) in [7, 11) is 0. The van der Waals surface area contributed by atoms with Crippen LogP contribution in [0.2, 0.25) is 0 Å². The van der Waals surface area contributed by atoms with Crippen molar-refractivity contribution < 1.29 is 9.59 Å². The third kappa shape index (κ3) is 0.520. The van der Waals surface area contributed by atoms with E-state index in [4.69, 9.17) is 0 Å². The van der Waals surface area contributed by atoms with Gasteiger partial charge in [0, 0.05) is 11.3 Å². The summed E-state index contributed by atoms with van der Waals surface area (Å²) in [6, 6.07) is 0. The predicted octanol–water partition coefficient (Wildman–Crippen LogP) is 1.44. The first-order valence-electron chi connectivity index (χ1n) is 4.43. The summed E-state index contributed by atoms with van der Waals surface area (Å²) in [5.74, 6) is 0.616. The number of carbonyl (C=O) groups excluding carboxylic acids is 2. The fraction of sp³-hybridized carbons (Fsp3) is 0.800. The quantitative estimate of drug-likeness (QED) is 0.510. The third-order valence-corrected chi connectivity index (χ3v) is 3.94. The molecule has 0 aromatic carbocycles. The number of hydrogen-bond donors (Lipinski definition) is 0. The lowest BCUT2D eigenvalue weighted by atomic mass is 9.81. The Bertz CT molecular complexity index is 290. The van der Waals surface area contributed by atoms with Crippen LogP contribution >= 0.6 is 0 Å². The van der Waals surface area contributed by atoms with Crippen molar-refractivity contribution in [2.45, 2.75) is 27.7 Å². The molecule has 3 atom stereocenters.